The van der Waals surface area contributed by atoms with Crippen LogP contribution in [0.15, 0.2) is 82.5 Å². The lowest BCUT2D eigenvalue weighted by Crippen LogP contribution is -2.17. The summed E-state index contributed by atoms with van der Waals surface area (Å²) in [6, 6.07) is 20.3. The van der Waals surface area contributed by atoms with Crippen LogP contribution in [0.2, 0.25) is 0 Å². The van der Waals surface area contributed by atoms with Gasteiger partial charge in [-0.05, 0) is 75.4 Å². The van der Waals surface area contributed by atoms with E-state index in [2.05, 4.69) is 85.5 Å². The highest BCUT2D eigenvalue weighted by molar-refractivity contribution is 5.94. The number of aromatic hydroxyl groups is 1. The molecule has 0 saturated heterocycles. The summed E-state index contributed by atoms with van der Waals surface area (Å²) in [4.78, 5) is 14.1. The van der Waals surface area contributed by atoms with Gasteiger partial charge in [-0.15, -0.1) is 0 Å². The van der Waals surface area contributed by atoms with Crippen molar-refractivity contribution in [3.63, 3.8) is 0 Å². The van der Waals surface area contributed by atoms with Gasteiger partial charge in [0.1, 0.15) is 11.3 Å². The Kier molecular flexibility index (Phi) is 7.34. The number of rotatable bonds is 4. The summed E-state index contributed by atoms with van der Waals surface area (Å²) in [5.41, 5.74) is 8.61. The first-order chi connectivity index (χ1) is 19.6. The SMILES string of the molecule is CC(C)(C)c1cc(C=Nc2ccccc2-c2nc3c(-c4ccncc4)cc(C(C)(C)C)cc3o2)c(O)c(C(C)(C)C)c1. The molecule has 0 unspecified atom stereocenters. The second-order valence-electron chi connectivity index (χ2n) is 14.1. The third kappa shape index (κ3) is 5.87. The number of benzene rings is 3. The van der Waals surface area contributed by atoms with Gasteiger partial charge in [-0.25, -0.2) is 4.98 Å². The number of phenols is 1. The molecule has 3 aromatic carbocycles. The molecule has 0 atom stereocenters. The second-order valence-corrected chi connectivity index (χ2v) is 14.1. The van der Waals surface area contributed by atoms with Crippen LogP contribution < -0.4 is 0 Å². The van der Waals surface area contributed by atoms with E-state index in [4.69, 9.17) is 14.4 Å². The van der Waals surface area contributed by atoms with Crippen molar-refractivity contribution in [1.29, 1.82) is 0 Å². The molecule has 42 heavy (non-hydrogen) atoms. The zero-order valence-corrected chi connectivity index (χ0v) is 26.2. The standard InChI is InChI=1S/C37H41N3O2/c1-35(2,3)25-18-24(33(41)29(20-25)37(7,8)9)22-39-30-13-11-10-12-27(30)34-40-32-28(23-14-16-38-17-15-23)19-26(36(4,5)6)21-31(32)42-34/h10-22,41H,1-9H3. The maximum atomic E-state index is 11.3. The van der Waals surface area contributed by atoms with Crippen LogP contribution in [0, 0.1) is 0 Å². The summed E-state index contributed by atoms with van der Waals surface area (Å²) in [6.07, 6.45) is 5.34. The molecule has 0 spiro atoms. The fourth-order valence-electron chi connectivity index (χ4n) is 5.00. The largest absolute Gasteiger partial charge is 0.507 e. The number of phenolic OH excluding ortho intramolecular Hbond substituents is 1. The number of fused-ring (bicyclic) bond motifs is 1. The normalized spacial score (nSPS) is 12.9. The van der Waals surface area contributed by atoms with Gasteiger partial charge in [0.15, 0.2) is 5.58 Å². The maximum Gasteiger partial charge on any atom is 0.229 e. The van der Waals surface area contributed by atoms with E-state index in [1.54, 1.807) is 18.6 Å². The number of nitrogens with zero attached hydrogens (tertiary/aromatic N) is 3. The van der Waals surface area contributed by atoms with Crippen molar-refractivity contribution >= 4 is 23.0 Å². The fraction of sp³-hybridized carbons (Fsp3) is 0.324. The first kappa shape index (κ1) is 29.2. The molecule has 0 aliphatic carbocycles. The molecule has 2 heterocycles. The van der Waals surface area contributed by atoms with Crippen LogP contribution in [0.1, 0.15) is 84.6 Å². The first-order valence-corrected chi connectivity index (χ1v) is 14.5. The average molecular weight is 560 g/mol. The highest BCUT2D eigenvalue weighted by Gasteiger charge is 2.25. The van der Waals surface area contributed by atoms with Crippen LogP contribution >= 0.6 is 0 Å². The molecule has 216 valence electrons. The van der Waals surface area contributed by atoms with Crippen LogP contribution in [-0.4, -0.2) is 21.3 Å². The number of hydrogen-bond donors (Lipinski definition) is 1. The van der Waals surface area contributed by atoms with Crippen LogP contribution in [-0.2, 0) is 16.2 Å². The molecule has 0 fully saturated rings. The summed E-state index contributed by atoms with van der Waals surface area (Å²) >= 11 is 0. The van der Waals surface area contributed by atoms with E-state index in [1.165, 1.54) is 5.56 Å². The minimum Gasteiger partial charge on any atom is -0.507 e. The van der Waals surface area contributed by atoms with Gasteiger partial charge in [0, 0.05) is 35.3 Å². The predicted octanol–water partition coefficient (Wildman–Crippen LogP) is 9.91. The Hall–Kier alpha value is -4.25. The van der Waals surface area contributed by atoms with Gasteiger partial charge in [0.25, 0.3) is 0 Å². The van der Waals surface area contributed by atoms with Crippen molar-refractivity contribution in [2.75, 3.05) is 0 Å². The van der Waals surface area contributed by atoms with E-state index in [0.29, 0.717) is 17.1 Å². The third-order valence-electron chi connectivity index (χ3n) is 7.64. The molecule has 1 N–H and O–H groups in total. The topological polar surface area (TPSA) is 71.5 Å². The highest BCUT2D eigenvalue weighted by atomic mass is 16.3. The minimum absolute atomic E-state index is 0.0688. The van der Waals surface area contributed by atoms with Crippen LogP contribution in [0.4, 0.5) is 5.69 Å². The lowest BCUT2D eigenvalue weighted by atomic mass is 9.79. The summed E-state index contributed by atoms with van der Waals surface area (Å²) in [5, 5.41) is 11.3. The number of aromatic nitrogens is 2. The Labute approximate surface area is 249 Å². The van der Waals surface area contributed by atoms with E-state index in [9.17, 15) is 5.11 Å². The van der Waals surface area contributed by atoms with Gasteiger partial charge in [-0.3, -0.25) is 9.98 Å². The van der Waals surface area contributed by atoms with Gasteiger partial charge < -0.3 is 9.52 Å². The van der Waals surface area contributed by atoms with Crippen LogP contribution in [0.5, 0.6) is 5.75 Å². The molecular formula is C37H41N3O2. The molecule has 5 nitrogen and oxygen atoms in total. The predicted molar refractivity (Wildman–Crippen MR) is 174 cm³/mol. The Balaban J connectivity index is 1.64. The van der Waals surface area contributed by atoms with Crippen molar-refractivity contribution in [1.82, 2.24) is 9.97 Å². The average Bonchev–Trinajstić information content (AvgIpc) is 3.35. The number of para-hydroxylation sites is 1. The third-order valence-corrected chi connectivity index (χ3v) is 7.64. The maximum absolute atomic E-state index is 11.3. The summed E-state index contributed by atoms with van der Waals surface area (Å²) in [5.74, 6) is 0.762. The summed E-state index contributed by atoms with van der Waals surface area (Å²) in [7, 11) is 0. The molecule has 0 radical (unpaired) electrons. The molecule has 5 rings (SSSR count). The number of pyridine rings is 1. The van der Waals surface area contributed by atoms with Crippen molar-refractivity contribution in [2.24, 2.45) is 4.99 Å². The van der Waals surface area contributed by atoms with Gasteiger partial charge in [-0.2, -0.15) is 0 Å². The molecular weight excluding hydrogens is 518 g/mol. The Morgan fingerprint density at radius 1 is 0.738 bits per heavy atom. The molecule has 0 bridgehead atoms. The van der Waals surface area contributed by atoms with E-state index >= 15 is 0 Å². The lowest BCUT2D eigenvalue weighted by Gasteiger charge is -2.27. The van der Waals surface area contributed by atoms with E-state index < -0.39 is 0 Å². The Morgan fingerprint density at radius 3 is 2.02 bits per heavy atom. The van der Waals surface area contributed by atoms with Crippen molar-refractivity contribution in [2.45, 2.75) is 78.6 Å². The second kappa shape index (κ2) is 10.5. The first-order valence-electron chi connectivity index (χ1n) is 14.5. The summed E-state index contributed by atoms with van der Waals surface area (Å²) < 4.78 is 6.45. The van der Waals surface area contributed by atoms with E-state index in [-0.39, 0.29) is 22.0 Å². The number of aliphatic imine (C=N–C) groups is 1. The molecule has 0 saturated carbocycles. The van der Waals surface area contributed by atoms with Crippen LogP contribution in [0.25, 0.3) is 33.7 Å². The molecule has 2 aromatic heterocycles. The van der Waals surface area contributed by atoms with Crippen molar-refractivity contribution < 1.29 is 9.52 Å². The van der Waals surface area contributed by atoms with Gasteiger partial charge in [-0.1, -0.05) is 80.5 Å². The smallest absolute Gasteiger partial charge is 0.229 e. The van der Waals surface area contributed by atoms with Gasteiger partial charge in [0.2, 0.25) is 5.89 Å². The zero-order chi connectivity index (χ0) is 30.4. The van der Waals surface area contributed by atoms with Crippen molar-refractivity contribution in [3.8, 4) is 28.3 Å². The van der Waals surface area contributed by atoms with Crippen molar-refractivity contribution in [3.05, 3.63) is 95.3 Å². The quantitative estimate of drug-likeness (QED) is 0.222. The monoisotopic (exact) mass is 559 g/mol. The highest BCUT2D eigenvalue weighted by Crippen LogP contribution is 2.40. The molecule has 0 aliphatic heterocycles. The Bertz CT molecular complexity index is 1780. The van der Waals surface area contributed by atoms with E-state index in [0.717, 1.165) is 38.9 Å². The number of oxazole rings is 1. The van der Waals surface area contributed by atoms with E-state index in [1.807, 2.05) is 42.5 Å². The lowest BCUT2D eigenvalue weighted by molar-refractivity contribution is 0.444. The minimum atomic E-state index is -0.220. The zero-order valence-electron chi connectivity index (χ0n) is 26.2. The molecule has 0 aliphatic rings. The number of hydrogen-bond acceptors (Lipinski definition) is 5. The van der Waals surface area contributed by atoms with Crippen LogP contribution in [0.3, 0.4) is 0 Å². The molecule has 5 heteroatoms. The fourth-order valence-corrected chi connectivity index (χ4v) is 5.00. The Morgan fingerprint density at radius 2 is 1.38 bits per heavy atom. The molecule has 0 amide bonds. The van der Waals surface area contributed by atoms with Gasteiger partial charge in [0.05, 0.1) is 11.3 Å². The summed E-state index contributed by atoms with van der Waals surface area (Å²) in [6.45, 7) is 19.5. The molecule has 5 aromatic rings. The van der Waals surface area contributed by atoms with Gasteiger partial charge >= 0.3 is 0 Å².